The number of thiophene rings is 1. The molecular formula is C16H16BrN3O5S2. The lowest BCUT2D eigenvalue weighted by Crippen LogP contribution is -2.43. The summed E-state index contributed by atoms with van der Waals surface area (Å²) < 4.78 is 32.6. The van der Waals surface area contributed by atoms with E-state index in [9.17, 15) is 18.0 Å². The van der Waals surface area contributed by atoms with Crippen molar-refractivity contribution in [2.24, 2.45) is 0 Å². The lowest BCUT2D eigenvalue weighted by Gasteiger charge is -2.26. The Morgan fingerprint density at radius 1 is 1.07 bits per heavy atom. The molecule has 27 heavy (non-hydrogen) atoms. The van der Waals surface area contributed by atoms with Gasteiger partial charge in [0.25, 0.3) is 11.8 Å². The first-order valence-corrected chi connectivity index (χ1v) is 11.0. The van der Waals surface area contributed by atoms with Crippen LogP contribution in [0.2, 0.25) is 0 Å². The molecule has 1 fully saturated rings. The molecule has 1 aromatic carbocycles. The zero-order chi connectivity index (χ0) is 19.4. The van der Waals surface area contributed by atoms with Gasteiger partial charge in [-0.2, -0.15) is 4.31 Å². The molecule has 2 N–H and O–H groups in total. The van der Waals surface area contributed by atoms with Crippen molar-refractivity contribution >= 4 is 49.1 Å². The molecule has 0 radical (unpaired) electrons. The molecule has 0 bridgehead atoms. The van der Waals surface area contributed by atoms with E-state index in [1.807, 2.05) is 0 Å². The lowest BCUT2D eigenvalue weighted by molar-refractivity contribution is 0.0729. The molecule has 0 unspecified atom stereocenters. The van der Waals surface area contributed by atoms with Crippen LogP contribution in [0.1, 0.15) is 20.0 Å². The molecular weight excluding hydrogens is 458 g/mol. The normalized spacial score (nSPS) is 15.3. The number of hydrogen-bond acceptors (Lipinski definition) is 6. The van der Waals surface area contributed by atoms with Crippen LogP contribution in [0.15, 0.2) is 45.1 Å². The summed E-state index contributed by atoms with van der Waals surface area (Å²) in [4.78, 5) is 24.5. The Kier molecular flexibility index (Phi) is 6.27. The summed E-state index contributed by atoms with van der Waals surface area (Å²) in [7, 11) is -3.81. The van der Waals surface area contributed by atoms with Gasteiger partial charge in [-0.05, 0) is 39.5 Å². The SMILES string of the molecule is O=C(NNC(=O)c1sccc1S(=O)(=O)N1CCOCC1)c1ccccc1Br. The van der Waals surface area contributed by atoms with Crippen LogP contribution in [-0.4, -0.2) is 50.8 Å². The second-order valence-electron chi connectivity index (χ2n) is 5.52. The summed E-state index contributed by atoms with van der Waals surface area (Å²) >= 11 is 4.25. The average molecular weight is 474 g/mol. The molecule has 1 aliphatic rings. The molecule has 2 amide bonds. The van der Waals surface area contributed by atoms with Gasteiger partial charge in [0.05, 0.1) is 18.8 Å². The fourth-order valence-electron chi connectivity index (χ4n) is 2.48. The number of rotatable bonds is 4. The second-order valence-corrected chi connectivity index (χ2v) is 9.20. The number of hydrogen-bond donors (Lipinski definition) is 2. The van der Waals surface area contributed by atoms with Gasteiger partial charge in [-0.15, -0.1) is 11.3 Å². The van der Waals surface area contributed by atoms with Crippen LogP contribution in [0.25, 0.3) is 0 Å². The van der Waals surface area contributed by atoms with Gasteiger partial charge in [-0.1, -0.05) is 12.1 Å². The summed E-state index contributed by atoms with van der Waals surface area (Å²) in [5.41, 5.74) is 4.90. The molecule has 2 heterocycles. The van der Waals surface area contributed by atoms with Crippen molar-refractivity contribution in [3.63, 3.8) is 0 Å². The first-order valence-electron chi connectivity index (χ1n) is 7.92. The van der Waals surface area contributed by atoms with E-state index < -0.39 is 21.8 Å². The van der Waals surface area contributed by atoms with E-state index in [1.165, 1.54) is 15.8 Å². The molecule has 0 spiro atoms. The van der Waals surface area contributed by atoms with Crippen molar-refractivity contribution in [3.05, 3.63) is 50.6 Å². The molecule has 8 nitrogen and oxygen atoms in total. The minimum Gasteiger partial charge on any atom is -0.379 e. The molecule has 144 valence electrons. The van der Waals surface area contributed by atoms with Crippen LogP contribution < -0.4 is 10.9 Å². The van der Waals surface area contributed by atoms with Crippen LogP contribution in [0.3, 0.4) is 0 Å². The van der Waals surface area contributed by atoms with E-state index in [-0.39, 0.29) is 22.9 Å². The van der Waals surface area contributed by atoms with E-state index in [2.05, 4.69) is 26.8 Å². The highest BCUT2D eigenvalue weighted by Crippen LogP contribution is 2.25. The Balaban J connectivity index is 1.72. The van der Waals surface area contributed by atoms with E-state index in [1.54, 1.807) is 24.3 Å². The van der Waals surface area contributed by atoms with Gasteiger partial charge in [0.2, 0.25) is 10.0 Å². The first kappa shape index (κ1) is 20.0. The zero-order valence-electron chi connectivity index (χ0n) is 14.0. The Morgan fingerprint density at radius 3 is 2.44 bits per heavy atom. The number of nitrogens with zero attached hydrogens (tertiary/aromatic N) is 1. The number of hydrazine groups is 1. The molecule has 11 heteroatoms. The van der Waals surface area contributed by atoms with Crippen molar-refractivity contribution in [2.75, 3.05) is 26.3 Å². The maximum absolute atomic E-state index is 12.8. The third-order valence-electron chi connectivity index (χ3n) is 3.83. The summed E-state index contributed by atoms with van der Waals surface area (Å²) in [5, 5.41) is 1.53. The first-order chi connectivity index (χ1) is 12.9. The Bertz CT molecular complexity index is 954. The van der Waals surface area contributed by atoms with Crippen LogP contribution in [0, 0.1) is 0 Å². The van der Waals surface area contributed by atoms with E-state index >= 15 is 0 Å². The third-order valence-corrected chi connectivity index (χ3v) is 7.51. The molecule has 0 atom stereocenters. The van der Waals surface area contributed by atoms with Gasteiger partial charge in [-0.25, -0.2) is 8.42 Å². The molecule has 0 aliphatic carbocycles. The fourth-order valence-corrected chi connectivity index (χ4v) is 5.64. The number of halogens is 1. The van der Waals surface area contributed by atoms with Crippen molar-refractivity contribution in [1.82, 2.24) is 15.2 Å². The van der Waals surface area contributed by atoms with E-state index in [0.29, 0.717) is 23.2 Å². The quantitative estimate of drug-likeness (QED) is 0.656. The number of carbonyl (C=O) groups is 2. The van der Waals surface area contributed by atoms with Crippen molar-refractivity contribution in [1.29, 1.82) is 0 Å². The van der Waals surface area contributed by atoms with Crippen LogP contribution >= 0.6 is 27.3 Å². The number of nitrogens with one attached hydrogen (secondary N) is 2. The number of ether oxygens (including phenoxy) is 1. The summed E-state index contributed by atoms with van der Waals surface area (Å²) in [6.45, 7) is 1.09. The van der Waals surface area contributed by atoms with Gasteiger partial charge in [0, 0.05) is 17.6 Å². The maximum Gasteiger partial charge on any atom is 0.281 e. The molecule has 0 saturated carbocycles. The van der Waals surface area contributed by atoms with Gasteiger partial charge in [0.1, 0.15) is 9.77 Å². The molecule has 1 saturated heterocycles. The summed E-state index contributed by atoms with van der Waals surface area (Å²) in [6, 6.07) is 8.12. The lowest BCUT2D eigenvalue weighted by atomic mass is 10.2. The highest BCUT2D eigenvalue weighted by Gasteiger charge is 2.31. The predicted octanol–water partition coefficient (Wildman–Crippen LogP) is 1.61. The minimum atomic E-state index is -3.81. The average Bonchev–Trinajstić information content (AvgIpc) is 3.18. The maximum atomic E-state index is 12.8. The Labute approximate surface area is 168 Å². The number of carbonyl (C=O) groups excluding carboxylic acids is 2. The van der Waals surface area contributed by atoms with E-state index in [0.717, 1.165) is 11.3 Å². The number of sulfonamides is 1. The van der Waals surface area contributed by atoms with Gasteiger partial charge in [0.15, 0.2) is 0 Å². The molecule has 1 aromatic heterocycles. The smallest absolute Gasteiger partial charge is 0.281 e. The van der Waals surface area contributed by atoms with Gasteiger partial charge >= 0.3 is 0 Å². The number of amides is 2. The fraction of sp³-hybridized carbons (Fsp3) is 0.250. The Hall–Kier alpha value is -1.79. The number of morpholine rings is 1. The van der Waals surface area contributed by atoms with Crippen LogP contribution in [-0.2, 0) is 14.8 Å². The van der Waals surface area contributed by atoms with Crippen LogP contribution in [0.4, 0.5) is 0 Å². The monoisotopic (exact) mass is 473 g/mol. The van der Waals surface area contributed by atoms with Crippen molar-refractivity contribution in [3.8, 4) is 0 Å². The van der Waals surface area contributed by atoms with Crippen molar-refractivity contribution in [2.45, 2.75) is 4.90 Å². The predicted molar refractivity (Wildman–Crippen MR) is 103 cm³/mol. The van der Waals surface area contributed by atoms with Gasteiger partial charge in [-0.3, -0.25) is 20.4 Å². The standard InChI is InChI=1S/C16H16BrN3O5S2/c17-12-4-2-1-3-11(12)15(21)18-19-16(22)14-13(5-10-26-14)27(23,24)20-6-8-25-9-7-20/h1-5,10H,6-9H2,(H,18,21)(H,19,22). The van der Waals surface area contributed by atoms with E-state index in [4.69, 9.17) is 4.74 Å². The zero-order valence-corrected chi connectivity index (χ0v) is 17.2. The summed E-state index contributed by atoms with van der Waals surface area (Å²) in [6.07, 6.45) is 0. The van der Waals surface area contributed by atoms with Crippen molar-refractivity contribution < 1.29 is 22.7 Å². The van der Waals surface area contributed by atoms with Crippen LogP contribution in [0.5, 0.6) is 0 Å². The second kappa shape index (κ2) is 8.48. The largest absolute Gasteiger partial charge is 0.379 e. The number of benzene rings is 1. The highest BCUT2D eigenvalue weighted by molar-refractivity contribution is 9.10. The third kappa shape index (κ3) is 4.38. The minimum absolute atomic E-state index is 0.00826. The Morgan fingerprint density at radius 2 is 1.74 bits per heavy atom. The molecule has 2 aromatic rings. The highest BCUT2D eigenvalue weighted by atomic mass is 79.9. The molecule has 3 rings (SSSR count). The van der Waals surface area contributed by atoms with Gasteiger partial charge < -0.3 is 4.74 Å². The topological polar surface area (TPSA) is 105 Å². The molecule has 1 aliphatic heterocycles. The summed E-state index contributed by atoms with van der Waals surface area (Å²) in [5.74, 6) is -1.22.